The maximum atomic E-state index is 15.0. The zero-order chi connectivity index (χ0) is 24.1. The summed E-state index contributed by atoms with van der Waals surface area (Å²) in [6.07, 6.45) is 0.635. The van der Waals surface area contributed by atoms with Gasteiger partial charge in [-0.2, -0.15) is 0 Å². The number of nitrogens with zero attached hydrogens (tertiary/aromatic N) is 1. The first-order chi connectivity index (χ1) is 16.3. The number of rotatable bonds is 3. The van der Waals surface area contributed by atoms with Crippen molar-refractivity contribution >= 4 is 46.3 Å². The molecule has 1 N–H and O–H groups in total. The summed E-state index contributed by atoms with van der Waals surface area (Å²) in [6, 6.07) is 14.1. The molecule has 1 saturated heterocycles. The molecular weight excluding hydrogens is 480 g/mol. The normalized spacial score (nSPS) is 21.0. The van der Waals surface area contributed by atoms with Crippen molar-refractivity contribution in [3.05, 3.63) is 98.8 Å². The molecule has 0 spiro atoms. The van der Waals surface area contributed by atoms with Gasteiger partial charge >= 0.3 is 0 Å². The van der Waals surface area contributed by atoms with Gasteiger partial charge in [0.25, 0.3) is 11.7 Å². The molecule has 2 heterocycles. The molecule has 172 valence electrons. The first-order valence-corrected chi connectivity index (χ1v) is 11.3. The summed E-state index contributed by atoms with van der Waals surface area (Å²) in [7, 11) is 0. The van der Waals surface area contributed by atoms with Crippen LogP contribution in [0.3, 0.4) is 0 Å². The second-order valence-electron chi connectivity index (χ2n) is 8.24. The number of aliphatic hydroxyl groups excluding tert-OH is 1. The molecule has 2 unspecified atom stereocenters. The van der Waals surface area contributed by atoms with Crippen LogP contribution in [0.15, 0.2) is 66.2 Å². The summed E-state index contributed by atoms with van der Waals surface area (Å²) in [4.78, 5) is 27.5. The molecule has 0 saturated carbocycles. The van der Waals surface area contributed by atoms with E-state index < -0.39 is 29.3 Å². The van der Waals surface area contributed by atoms with Crippen molar-refractivity contribution in [3.63, 3.8) is 0 Å². The van der Waals surface area contributed by atoms with Crippen LogP contribution in [-0.4, -0.2) is 22.9 Å². The number of hydrogen-bond acceptors (Lipinski definition) is 4. The molecule has 0 bridgehead atoms. The maximum absolute atomic E-state index is 15.0. The van der Waals surface area contributed by atoms with Gasteiger partial charge in [0.2, 0.25) is 0 Å². The summed E-state index contributed by atoms with van der Waals surface area (Å²) >= 11 is 12.2. The predicted molar refractivity (Wildman–Crippen MR) is 128 cm³/mol. The highest BCUT2D eigenvalue weighted by Crippen LogP contribution is 2.44. The van der Waals surface area contributed by atoms with E-state index in [0.29, 0.717) is 17.7 Å². The zero-order valence-corrected chi connectivity index (χ0v) is 19.4. The smallest absolute Gasteiger partial charge is 0.300 e. The van der Waals surface area contributed by atoms with Gasteiger partial charge in [-0.25, -0.2) is 4.39 Å². The van der Waals surface area contributed by atoms with Crippen molar-refractivity contribution in [2.45, 2.75) is 25.5 Å². The minimum atomic E-state index is -1.21. The van der Waals surface area contributed by atoms with Crippen molar-refractivity contribution in [1.82, 2.24) is 0 Å². The van der Waals surface area contributed by atoms with E-state index in [0.717, 1.165) is 10.5 Å². The Hall–Kier alpha value is -3.35. The van der Waals surface area contributed by atoms with Crippen molar-refractivity contribution in [1.29, 1.82) is 0 Å². The van der Waals surface area contributed by atoms with Gasteiger partial charge in [0.1, 0.15) is 23.4 Å². The van der Waals surface area contributed by atoms with E-state index in [2.05, 4.69) is 0 Å². The van der Waals surface area contributed by atoms with Crippen molar-refractivity contribution in [2.24, 2.45) is 0 Å². The van der Waals surface area contributed by atoms with E-state index >= 15 is 0 Å². The monoisotopic (exact) mass is 497 g/mol. The largest absolute Gasteiger partial charge is 0.507 e. The lowest BCUT2D eigenvalue weighted by molar-refractivity contribution is -0.132. The predicted octanol–water partition coefficient (Wildman–Crippen LogP) is 6.08. The van der Waals surface area contributed by atoms with Crippen LogP contribution in [0.4, 0.5) is 10.1 Å². The number of anilines is 1. The lowest BCUT2D eigenvalue weighted by Gasteiger charge is -2.26. The molecule has 5 rings (SSSR count). The van der Waals surface area contributed by atoms with Gasteiger partial charge in [0.05, 0.1) is 21.7 Å². The number of ketones is 1. The van der Waals surface area contributed by atoms with Crippen LogP contribution in [0, 0.1) is 5.82 Å². The first kappa shape index (κ1) is 22.4. The molecule has 1 fully saturated rings. The highest BCUT2D eigenvalue weighted by atomic mass is 35.5. The number of hydrogen-bond donors (Lipinski definition) is 1. The highest BCUT2D eigenvalue weighted by Gasteiger charge is 2.48. The molecule has 8 heteroatoms. The first-order valence-electron chi connectivity index (χ1n) is 10.6. The lowest BCUT2D eigenvalue weighted by atomic mass is 9.94. The maximum Gasteiger partial charge on any atom is 0.300 e. The Morgan fingerprint density at radius 1 is 1.06 bits per heavy atom. The molecule has 5 nitrogen and oxygen atoms in total. The number of carbonyl (C=O) groups excluding carboxylic acids is 2. The topological polar surface area (TPSA) is 66.8 Å². The zero-order valence-electron chi connectivity index (χ0n) is 17.9. The van der Waals surface area contributed by atoms with Crippen molar-refractivity contribution in [2.75, 3.05) is 4.90 Å². The van der Waals surface area contributed by atoms with Crippen LogP contribution in [0.5, 0.6) is 5.75 Å². The Morgan fingerprint density at radius 3 is 2.56 bits per heavy atom. The quantitative estimate of drug-likeness (QED) is 0.270. The Labute approximate surface area is 205 Å². The molecule has 2 aliphatic rings. The molecule has 0 radical (unpaired) electrons. The molecule has 2 aliphatic heterocycles. The third-order valence-corrected chi connectivity index (χ3v) is 6.73. The molecule has 3 aromatic carbocycles. The van der Waals surface area contributed by atoms with Gasteiger partial charge < -0.3 is 9.84 Å². The highest BCUT2D eigenvalue weighted by molar-refractivity contribution is 6.52. The number of amides is 1. The van der Waals surface area contributed by atoms with Crippen LogP contribution in [0.2, 0.25) is 10.0 Å². The van der Waals surface area contributed by atoms with E-state index in [1.807, 2.05) is 6.92 Å². The summed E-state index contributed by atoms with van der Waals surface area (Å²) in [5.41, 5.74) is 1.31. The standard InChI is InChI=1S/C26H18Cl2FNO4/c1-13-10-15-11-14(6-9-21(15)34-13)24(31)22-23(17-4-2-3-5-20(17)29)30(26(33)25(22)32)16-7-8-18(27)19(28)12-16/h2-9,11-13,23,31H,10H2,1H3/b24-22+. The van der Waals surface area contributed by atoms with Crippen LogP contribution >= 0.6 is 23.2 Å². The van der Waals surface area contributed by atoms with E-state index in [1.165, 1.54) is 36.4 Å². The molecule has 1 amide bonds. The Bertz CT molecular complexity index is 1390. The SMILES string of the molecule is CC1Cc2cc(/C(O)=C3\C(=O)C(=O)N(c4ccc(Cl)c(Cl)c4)C3c3ccccc3F)ccc2O1. The Balaban J connectivity index is 1.71. The van der Waals surface area contributed by atoms with Crippen LogP contribution in [0.1, 0.15) is 29.7 Å². The number of ether oxygens (including phenoxy) is 1. The van der Waals surface area contributed by atoms with Crippen molar-refractivity contribution in [3.8, 4) is 5.75 Å². The number of benzene rings is 3. The molecular formula is C26H18Cl2FNO4. The van der Waals surface area contributed by atoms with Gasteiger partial charge in [-0.05, 0) is 55.0 Å². The molecule has 34 heavy (non-hydrogen) atoms. The second kappa shape index (κ2) is 8.46. The fourth-order valence-electron chi connectivity index (χ4n) is 4.45. The molecule has 2 atom stereocenters. The van der Waals surface area contributed by atoms with Gasteiger partial charge in [0.15, 0.2) is 0 Å². The average Bonchev–Trinajstić information content (AvgIpc) is 3.31. The number of aliphatic hydroxyl groups is 1. The second-order valence-corrected chi connectivity index (χ2v) is 9.06. The minimum Gasteiger partial charge on any atom is -0.507 e. The summed E-state index contributed by atoms with van der Waals surface area (Å²) in [5.74, 6) is -2.16. The van der Waals surface area contributed by atoms with E-state index in [1.54, 1.807) is 24.3 Å². The Kier molecular flexibility index (Phi) is 5.58. The van der Waals surface area contributed by atoms with Crippen LogP contribution in [-0.2, 0) is 16.0 Å². The van der Waals surface area contributed by atoms with Crippen LogP contribution in [0.25, 0.3) is 5.76 Å². The van der Waals surface area contributed by atoms with Gasteiger partial charge in [0, 0.05) is 23.2 Å². The van der Waals surface area contributed by atoms with Crippen molar-refractivity contribution < 1.29 is 23.8 Å². The summed E-state index contributed by atoms with van der Waals surface area (Å²) < 4.78 is 20.7. The van der Waals surface area contributed by atoms with Crippen LogP contribution < -0.4 is 9.64 Å². The lowest BCUT2D eigenvalue weighted by Crippen LogP contribution is -2.29. The third kappa shape index (κ3) is 3.63. The fourth-order valence-corrected chi connectivity index (χ4v) is 4.74. The number of Topliss-reactive ketones (excluding diaryl/α,β-unsaturated/α-hetero) is 1. The van der Waals surface area contributed by atoms with Gasteiger partial charge in [-0.3, -0.25) is 14.5 Å². The number of fused-ring (bicyclic) bond motifs is 1. The summed E-state index contributed by atoms with van der Waals surface area (Å²) in [6.45, 7) is 1.93. The molecule has 3 aromatic rings. The molecule has 0 aromatic heterocycles. The molecule has 0 aliphatic carbocycles. The van der Waals surface area contributed by atoms with E-state index in [9.17, 15) is 19.1 Å². The Morgan fingerprint density at radius 2 is 1.82 bits per heavy atom. The van der Waals surface area contributed by atoms with Gasteiger partial charge in [-0.15, -0.1) is 0 Å². The fraction of sp³-hybridized carbons (Fsp3) is 0.154. The summed E-state index contributed by atoms with van der Waals surface area (Å²) in [5, 5.41) is 11.7. The number of carbonyl (C=O) groups is 2. The average molecular weight is 498 g/mol. The van der Waals surface area contributed by atoms with E-state index in [4.69, 9.17) is 27.9 Å². The third-order valence-electron chi connectivity index (χ3n) is 6.00. The van der Waals surface area contributed by atoms with Gasteiger partial charge in [-0.1, -0.05) is 41.4 Å². The number of halogens is 3. The minimum absolute atomic E-state index is 0.00829. The van der Waals surface area contributed by atoms with E-state index in [-0.39, 0.29) is 33.0 Å².